The molecule has 0 radical (unpaired) electrons. The monoisotopic (exact) mass is 529 g/mol. The van der Waals surface area contributed by atoms with Crippen molar-refractivity contribution in [2.24, 2.45) is 5.10 Å². The lowest BCUT2D eigenvalue weighted by molar-refractivity contribution is -0.136. The number of esters is 1. The van der Waals surface area contributed by atoms with Gasteiger partial charge in [-0.25, -0.2) is 10.2 Å². The third kappa shape index (κ3) is 7.21. The lowest BCUT2D eigenvalue weighted by Crippen LogP contribution is -2.32. The summed E-state index contributed by atoms with van der Waals surface area (Å²) in [5, 5.41) is 6.78. The summed E-state index contributed by atoms with van der Waals surface area (Å²) in [7, 11) is 1.49. The van der Waals surface area contributed by atoms with E-state index < -0.39 is 17.8 Å². The first-order valence-corrected chi connectivity index (χ1v) is 11.3. The van der Waals surface area contributed by atoms with Crippen LogP contribution in [0.3, 0.4) is 0 Å². The number of hydrazone groups is 1. The Kier molecular flexibility index (Phi) is 9.26. The molecular formula is C25H21Cl2N3O6. The predicted molar refractivity (Wildman–Crippen MR) is 136 cm³/mol. The van der Waals surface area contributed by atoms with Crippen LogP contribution in [-0.4, -0.2) is 37.7 Å². The Bertz CT molecular complexity index is 1310. The standard InChI is InChI=1S/C25H21Cl2N3O6/c1-3-35-22-11-15(7-10-21(22)36-25(33)19-9-8-16(26)12-20(19)27)14-28-30-24(32)23(31)29-17-5-4-6-18(13-17)34-2/h4-14H,3H2,1-2H3,(H,29,31)(H,30,32). The van der Waals surface area contributed by atoms with Crippen molar-refractivity contribution in [2.75, 3.05) is 19.0 Å². The van der Waals surface area contributed by atoms with Gasteiger partial charge in [0, 0.05) is 16.8 Å². The van der Waals surface area contributed by atoms with E-state index in [9.17, 15) is 14.4 Å². The fraction of sp³-hybridized carbons (Fsp3) is 0.120. The topological polar surface area (TPSA) is 115 Å². The van der Waals surface area contributed by atoms with E-state index in [2.05, 4.69) is 15.8 Å². The highest BCUT2D eigenvalue weighted by Gasteiger charge is 2.17. The molecule has 0 fully saturated rings. The molecule has 36 heavy (non-hydrogen) atoms. The zero-order chi connectivity index (χ0) is 26.1. The number of methoxy groups -OCH3 is 1. The van der Waals surface area contributed by atoms with Gasteiger partial charge < -0.3 is 19.5 Å². The van der Waals surface area contributed by atoms with Gasteiger partial charge in [0.25, 0.3) is 0 Å². The van der Waals surface area contributed by atoms with Crippen LogP contribution in [0.1, 0.15) is 22.8 Å². The number of hydrogen-bond donors (Lipinski definition) is 2. The molecule has 0 aliphatic heterocycles. The predicted octanol–water partition coefficient (Wildman–Crippen LogP) is 4.71. The number of anilines is 1. The lowest BCUT2D eigenvalue weighted by Gasteiger charge is -2.12. The van der Waals surface area contributed by atoms with Gasteiger partial charge in [-0.15, -0.1) is 0 Å². The van der Waals surface area contributed by atoms with Crippen molar-refractivity contribution in [1.29, 1.82) is 0 Å². The summed E-state index contributed by atoms with van der Waals surface area (Å²) in [6.45, 7) is 2.07. The Morgan fingerprint density at radius 2 is 1.78 bits per heavy atom. The van der Waals surface area contributed by atoms with Crippen LogP contribution >= 0.6 is 23.2 Å². The van der Waals surface area contributed by atoms with E-state index in [0.717, 1.165) is 0 Å². The maximum Gasteiger partial charge on any atom is 0.345 e. The van der Waals surface area contributed by atoms with Crippen molar-refractivity contribution in [3.05, 3.63) is 81.8 Å². The number of benzene rings is 3. The van der Waals surface area contributed by atoms with Gasteiger partial charge in [-0.05, 0) is 61.0 Å². The SMILES string of the molecule is CCOc1cc(C=NNC(=O)C(=O)Nc2cccc(OC)c2)ccc1OC(=O)c1ccc(Cl)cc1Cl. The van der Waals surface area contributed by atoms with Crippen LogP contribution in [0, 0.1) is 0 Å². The van der Waals surface area contributed by atoms with Crippen LogP contribution in [-0.2, 0) is 9.59 Å². The van der Waals surface area contributed by atoms with Gasteiger partial charge in [0.15, 0.2) is 11.5 Å². The Morgan fingerprint density at radius 1 is 0.972 bits per heavy atom. The highest BCUT2D eigenvalue weighted by Crippen LogP contribution is 2.30. The maximum absolute atomic E-state index is 12.5. The molecule has 2 amide bonds. The number of amides is 2. The average Bonchev–Trinajstić information content (AvgIpc) is 2.85. The second kappa shape index (κ2) is 12.6. The fourth-order valence-corrected chi connectivity index (χ4v) is 3.36. The Labute approximate surface area is 216 Å². The Morgan fingerprint density at radius 3 is 2.50 bits per heavy atom. The third-order valence-electron chi connectivity index (χ3n) is 4.53. The first kappa shape index (κ1) is 26.5. The Hall–Kier alpha value is -4.08. The van der Waals surface area contributed by atoms with E-state index in [1.807, 2.05) is 0 Å². The van der Waals surface area contributed by atoms with Gasteiger partial charge in [-0.2, -0.15) is 5.10 Å². The van der Waals surface area contributed by atoms with Gasteiger partial charge in [-0.1, -0.05) is 29.3 Å². The normalized spacial score (nSPS) is 10.6. The number of rotatable bonds is 8. The number of nitrogens with one attached hydrogen (secondary N) is 2. The van der Waals surface area contributed by atoms with E-state index in [-0.39, 0.29) is 22.1 Å². The molecule has 0 unspecified atom stereocenters. The number of carbonyl (C=O) groups excluding carboxylic acids is 3. The number of nitrogens with zero attached hydrogens (tertiary/aromatic N) is 1. The van der Waals surface area contributed by atoms with E-state index in [0.29, 0.717) is 28.6 Å². The number of hydrogen-bond acceptors (Lipinski definition) is 7. The summed E-state index contributed by atoms with van der Waals surface area (Å²) in [6, 6.07) is 15.6. The van der Waals surface area contributed by atoms with Gasteiger partial charge in [0.05, 0.1) is 30.5 Å². The first-order valence-electron chi connectivity index (χ1n) is 10.5. The van der Waals surface area contributed by atoms with Crippen molar-refractivity contribution in [3.8, 4) is 17.2 Å². The average molecular weight is 530 g/mol. The van der Waals surface area contributed by atoms with E-state index in [4.69, 9.17) is 37.4 Å². The van der Waals surface area contributed by atoms with E-state index in [1.54, 1.807) is 43.3 Å². The summed E-state index contributed by atoms with van der Waals surface area (Å²) >= 11 is 11.9. The fourth-order valence-electron chi connectivity index (χ4n) is 2.87. The van der Waals surface area contributed by atoms with Crippen molar-refractivity contribution in [2.45, 2.75) is 6.92 Å². The van der Waals surface area contributed by atoms with Crippen molar-refractivity contribution >= 4 is 52.9 Å². The highest BCUT2D eigenvalue weighted by molar-refractivity contribution is 6.39. The minimum atomic E-state index is -0.968. The smallest absolute Gasteiger partial charge is 0.345 e. The second-order valence-corrected chi connectivity index (χ2v) is 7.88. The molecule has 0 spiro atoms. The molecule has 9 nitrogen and oxygen atoms in total. The largest absolute Gasteiger partial charge is 0.497 e. The minimum Gasteiger partial charge on any atom is -0.497 e. The molecule has 186 valence electrons. The zero-order valence-electron chi connectivity index (χ0n) is 19.2. The van der Waals surface area contributed by atoms with Gasteiger partial charge in [0.1, 0.15) is 5.75 Å². The van der Waals surface area contributed by atoms with Crippen molar-refractivity contribution in [1.82, 2.24) is 5.43 Å². The molecule has 0 saturated heterocycles. The van der Waals surface area contributed by atoms with Crippen LogP contribution in [0.5, 0.6) is 17.2 Å². The van der Waals surface area contributed by atoms with Crippen LogP contribution in [0.15, 0.2) is 65.8 Å². The van der Waals surface area contributed by atoms with Crippen molar-refractivity contribution in [3.63, 3.8) is 0 Å². The van der Waals surface area contributed by atoms with Crippen molar-refractivity contribution < 1.29 is 28.6 Å². The highest BCUT2D eigenvalue weighted by atomic mass is 35.5. The molecule has 0 saturated carbocycles. The van der Waals surface area contributed by atoms with Gasteiger partial charge >= 0.3 is 17.8 Å². The number of halogens is 2. The molecule has 3 aromatic rings. The molecule has 0 heterocycles. The third-order valence-corrected chi connectivity index (χ3v) is 5.08. The van der Waals surface area contributed by atoms with Crippen LogP contribution in [0.4, 0.5) is 5.69 Å². The maximum atomic E-state index is 12.5. The minimum absolute atomic E-state index is 0.143. The molecule has 0 aliphatic rings. The van der Waals surface area contributed by atoms with E-state index >= 15 is 0 Å². The van der Waals surface area contributed by atoms with Crippen LogP contribution in [0.25, 0.3) is 0 Å². The molecule has 11 heteroatoms. The summed E-state index contributed by atoms with van der Waals surface area (Å²) in [5.41, 5.74) is 3.19. The van der Waals surface area contributed by atoms with Gasteiger partial charge in [0.2, 0.25) is 0 Å². The summed E-state index contributed by atoms with van der Waals surface area (Å²) in [5.74, 6) is -1.60. The molecular weight excluding hydrogens is 509 g/mol. The molecule has 0 bridgehead atoms. The summed E-state index contributed by atoms with van der Waals surface area (Å²) < 4.78 is 16.1. The molecule has 0 aliphatic carbocycles. The first-order chi connectivity index (χ1) is 17.3. The van der Waals surface area contributed by atoms with E-state index in [1.165, 1.54) is 37.6 Å². The molecule has 0 aromatic heterocycles. The molecule has 3 rings (SSSR count). The molecule has 3 aromatic carbocycles. The summed E-state index contributed by atoms with van der Waals surface area (Å²) in [4.78, 5) is 36.7. The Balaban J connectivity index is 1.65. The van der Waals surface area contributed by atoms with Crippen LogP contribution in [0.2, 0.25) is 10.0 Å². The summed E-state index contributed by atoms with van der Waals surface area (Å²) in [6.07, 6.45) is 1.31. The zero-order valence-corrected chi connectivity index (χ0v) is 20.7. The lowest BCUT2D eigenvalue weighted by atomic mass is 10.2. The molecule has 0 atom stereocenters. The number of carbonyl (C=O) groups is 3. The van der Waals surface area contributed by atoms with Crippen LogP contribution < -0.4 is 25.0 Å². The molecule has 2 N–H and O–H groups in total. The number of ether oxygens (including phenoxy) is 3. The quantitative estimate of drug-likeness (QED) is 0.143. The second-order valence-electron chi connectivity index (χ2n) is 7.04. The van der Waals surface area contributed by atoms with Gasteiger partial charge in [-0.3, -0.25) is 9.59 Å².